The number of hydrogen-bond acceptors (Lipinski definition) is 2. The van der Waals surface area contributed by atoms with Gasteiger partial charge in [-0.15, -0.1) is 0 Å². The van der Waals surface area contributed by atoms with E-state index in [1.807, 2.05) is 13.8 Å². The summed E-state index contributed by atoms with van der Waals surface area (Å²) in [6, 6.07) is 22.3. The highest BCUT2D eigenvalue weighted by molar-refractivity contribution is 7.91. The molecule has 0 saturated carbocycles. The summed E-state index contributed by atoms with van der Waals surface area (Å²) in [7, 11) is -3.37. The van der Waals surface area contributed by atoms with Gasteiger partial charge in [-0.3, -0.25) is 0 Å². The first-order chi connectivity index (χ1) is 11.8. The first-order valence-electron chi connectivity index (χ1n) is 8.21. The Hall–Kier alpha value is -2.39. The summed E-state index contributed by atoms with van der Waals surface area (Å²) in [6.07, 6.45) is 0. The van der Waals surface area contributed by atoms with E-state index in [1.54, 1.807) is 48.5 Å². The molecule has 0 N–H and O–H groups in total. The van der Waals surface area contributed by atoms with Crippen molar-refractivity contribution in [2.45, 2.75) is 37.5 Å². The molecule has 0 heterocycles. The molecule has 0 spiro atoms. The van der Waals surface area contributed by atoms with Gasteiger partial charge in [-0.05, 0) is 52.0 Å². The van der Waals surface area contributed by atoms with Gasteiger partial charge in [-0.25, -0.2) is 8.42 Å². The summed E-state index contributed by atoms with van der Waals surface area (Å²) >= 11 is 0. The van der Waals surface area contributed by atoms with Crippen LogP contribution in [0.15, 0.2) is 82.6 Å². The Bertz CT molecular complexity index is 833. The zero-order valence-electron chi connectivity index (χ0n) is 15.2. The van der Waals surface area contributed by atoms with Crippen molar-refractivity contribution in [2.75, 3.05) is 0 Å². The number of sulfone groups is 1. The summed E-state index contributed by atoms with van der Waals surface area (Å²) in [5.41, 5.74) is 4.76. The van der Waals surface area contributed by atoms with Gasteiger partial charge in [0.15, 0.2) is 0 Å². The minimum Gasteiger partial charge on any atom is -0.219 e. The largest absolute Gasteiger partial charge is 0.219 e. The molecule has 0 unspecified atom stereocenters. The van der Waals surface area contributed by atoms with Crippen molar-refractivity contribution in [3.63, 3.8) is 0 Å². The van der Waals surface area contributed by atoms with Crippen molar-refractivity contribution in [1.82, 2.24) is 0 Å². The van der Waals surface area contributed by atoms with E-state index in [4.69, 9.17) is 0 Å². The fourth-order valence-electron chi connectivity index (χ4n) is 2.21. The average molecular weight is 352 g/mol. The molecule has 3 aromatic rings. The second kappa shape index (κ2) is 8.13. The Labute approximate surface area is 151 Å². The van der Waals surface area contributed by atoms with Gasteiger partial charge in [-0.2, -0.15) is 0 Å². The lowest BCUT2D eigenvalue weighted by Crippen LogP contribution is -2.01. The molecule has 25 heavy (non-hydrogen) atoms. The van der Waals surface area contributed by atoms with Crippen LogP contribution in [0, 0.1) is 27.7 Å². The van der Waals surface area contributed by atoms with Gasteiger partial charge in [0.1, 0.15) is 0 Å². The van der Waals surface area contributed by atoms with Crippen molar-refractivity contribution in [3.05, 3.63) is 95.1 Å². The smallest absolute Gasteiger partial charge is 0.206 e. The molecule has 3 aromatic carbocycles. The van der Waals surface area contributed by atoms with Gasteiger partial charge in [0.2, 0.25) is 9.84 Å². The Kier molecular flexibility index (Phi) is 6.16. The Balaban J connectivity index is 0.000000236. The van der Waals surface area contributed by atoms with Gasteiger partial charge in [0, 0.05) is 0 Å². The number of benzene rings is 3. The molecular weight excluding hydrogens is 328 g/mol. The lowest BCUT2D eigenvalue weighted by molar-refractivity contribution is 0.596. The predicted octanol–water partition coefficient (Wildman–Crippen LogP) is 5.44. The molecule has 0 aromatic heterocycles. The van der Waals surface area contributed by atoms with E-state index in [9.17, 15) is 8.42 Å². The highest BCUT2D eigenvalue weighted by atomic mass is 32.2. The van der Waals surface area contributed by atoms with E-state index in [2.05, 4.69) is 38.1 Å². The molecule has 130 valence electrons. The van der Waals surface area contributed by atoms with Crippen LogP contribution in [-0.2, 0) is 9.84 Å². The first kappa shape index (κ1) is 18.9. The zero-order valence-corrected chi connectivity index (χ0v) is 16.0. The Morgan fingerprint density at radius 3 is 0.880 bits per heavy atom. The number of rotatable bonds is 2. The molecule has 0 aliphatic heterocycles. The van der Waals surface area contributed by atoms with Crippen LogP contribution >= 0.6 is 0 Å². The highest BCUT2D eigenvalue weighted by Crippen LogP contribution is 2.21. The first-order valence-corrected chi connectivity index (χ1v) is 9.69. The third-order valence-corrected chi connectivity index (χ3v) is 5.67. The number of aryl methyl sites for hydroxylation is 4. The fraction of sp³-hybridized carbons (Fsp3) is 0.182. The monoisotopic (exact) mass is 352 g/mol. The van der Waals surface area contributed by atoms with Crippen LogP contribution in [0.25, 0.3) is 0 Å². The van der Waals surface area contributed by atoms with Crippen molar-refractivity contribution < 1.29 is 8.42 Å². The van der Waals surface area contributed by atoms with Crippen LogP contribution in [-0.4, -0.2) is 8.42 Å². The topological polar surface area (TPSA) is 34.1 Å². The minimum atomic E-state index is -3.37. The van der Waals surface area contributed by atoms with Gasteiger partial charge in [0.05, 0.1) is 9.79 Å². The zero-order chi connectivity index (χ0) is 18.4. The minimum absolute atomic E-state index is 0.340. The maximum Gasteiger partial charge on any atom is 0.206 e. The van der Waals surface area contributed by atoms with E-state index in [-0.39, 0.29) is 0 Å². The molecule has 3 rings (SSSR count). The van der Waals surface area contributed by atoms with Crippen LogP contribution < -0.4 is 0 Å². The normalized spacial score (nSPS) is 10.7. The van der Waals surface area contributed by atoms with E-state index in [1.165, 1.54) is 11.1 Å². The van der Waals surface area contributed by atoms with Crippen LogP contribution in [0.1, 0.15) is 22.3 Å². The molecule has 0 amide bonds. The van der Waals surface area contributed by atoms with E-state index >= 15 is 0 Å². The summed E-state index contributed by atoms with van der Waals surface area (Å²) in [4.78, 5) is 0.680. The maximum atomic E-state index is 12.3. The summed E-state index contributed by atoms with van der Waals surface area (Å²) < 4.78 is 24.5. The molecule has 2 nitrogen and oxygen atoms in total. The van der Waals surface area contributed by atoms with Gasteiger partial charge in [0.25, 0.3) is 0 Å². The van der Waals surface area contributed by atoms with Gasteiger partial charge in [-0.1, -0.05) is 70.8 Å². The van der Waals surface area contributed by atoms with Crippen LogP contribution in [0.3, 0.4) is 0 Å². The van der Waals surface area contributed by atoms with Crippen LogP contribution in [0.4, 0.5) is 0 Å². The molecule has 0 radical (unpaired) electrons. The van der Waals surface area contributed by atoms with E-state index in [0.717, 1.165) is 11.1 Å². The Morgan fingerprint density at radius 1 is 0.440 bits per heavy atom. The number of hydrogen-bond donors (Lipinski definition) is 0. The molecule has 3 heteroatoms. The lowest BCUT2D eigenvalue weighted by Gasteiger charge is -2.05. The Morgan fingerprint density at radius 2 is 0.640 bits per heavy atom. The van der Waals surface area contributed by atoms with Crippen molar-refractivity contribution in [2.24, 2.45) is 0 Å². The van der Waals surface area contributed by atoms with Crippen LogP contribution in [0.2, 0.25) is 0 Å². The highest BCUT2D eigenvalue weighted by Gasteiger charge is 2.16. The maximum absolute atomic E-state index is 12.3. The molecular formula is C22H24O2S. The van der Waals surface area contributed by atoms with E-state index in [0.29, 0.717) is 9.79 Å². The standard InChI is InChI=1S/C14H14O2S.C8H10/c1-11-3-7-13(8-4-11)17(15,16)14-9-5-12(2)6-10-14;1-7-3-5-8(2)6-4-7/h3-10H,1-2H3;3-6H,1-2H3. The summed E-state index contributed by atoms with van der Waals surface area (Å²) in [5.74, 6) is 0. The molecule has 0 bridgehead atoms. The van der Waals surface area contributed by atoms with Gasteiger partial charge < -0.3 is 0 Å². The predicted molar refractivity (Wildman–Crippen MR) is 104 cm³/mol. The second-order valence-corrected chi connectivity index (χ2v) is 8.23. The van der Waals surface area contributed by atoms with Crippen molar-refractivity contribution in [1.29, 1.82) is 0 Å². The summed E-state index contributed by atoms with van der Waals surface area (Å²) in [6.45, 7) is 8.06. The lowest BCUT2D eigenvalue weighted by atomic mass is 10.2. The van der Waals surface area contributed by atoms with Crippen LogP contribution in [0.5, 0.6) is 0 Å². The van der Waals surface area contributed by atoms with E-state index < -0.39 is 9.84 Å². The molecule has 0 aliphatic rings. The third-order valence-electron chi connectivity index (χ3n) is 3.88. The molecule has 0 aliphatic carbocycles. The SMILES string of the molecule is Cc1ccc(C)cc1.Cc1ccc(S(=O)(=O)c2ccc(C)cc2)cc1. The van der Waals surface area contributed by atoms with Gasteiger partial charge >= 0.3 is 0 Å². The molecule has 0 atom stereocenters. The quantitative estimate of drug-likeness (QED) is 0.615. The van der Waals surface area contributed by atoms with Crippen molar-refractivity contribution >= 4 is 9.84 Å². The van der Waals surface area contributed by atoms with Crippen molar-refractivity contribution in [3.8, 4) is 0 Å². The molecule has 0 fully saturated rings. The molecule has 0 saturated heterocycles. The second-order valence-electron chi connectivity index (χ2n) is 6.28. The fourth-order valence-corrected chi connectivity index (χ4v) is 3.47. The third kappa shape index (κ3) is 5.30. The summed E-state index contributed by atoms with van der Waals surface area (Å²) in [5, 5.41) is 0. The average Bonchev–Trinajstić information content (AvgIpc) is 2.59.